The zero-order valence-corrected chi connectivity index (χ0v) is 9.28. The molecule has 1 atom stereocenters. The first kappa shape index (κ1) is 13.5. The van der Waals surface area contributed by atoms with Crippen molar-refractivity contribution in [2.45, 2.75) is 31.5 Å². The minimum Gasteiger partial charge on any atom is -0.363 e. The first-order valence-corrected chi connectivity index (χ1v) is 4.47. The highest BCUT2D eigenvalue weighted by atomic mass is 35.5. The molecular formula is C8H18Cl2N2O. The molecule has 1 unspecified atom stereocenters. The molecule has 0 aliphatic carbocycles. The fourth-order valence-corrected chi connectivity index (χ4v) is 1.72. The summed E-state index contributed by atoms with van der Waals surface area (Å²) in [6, 6.07) is 0.436. The van der Waals surface area contributed by atoms with Gasteiger partial charge in [-0.2, -0.15) is 0 Å². The van der Waals surface area contributed by atoms with Gasteiger partial charge in [-0.25, -0.2) is 0 Å². The molecule has 0 saturated carbocycles. The summed E-state index contributed by atoms with van der Waals surface area (Å²) >= 11 is 0. The molecule has 2 heterocycles. The third-order valence-electron chi connectivity index (χ3n) is 2.66. The average molecular weight is 229 g/mol. The molecule has 2 aliphatic rings. The lowest BCUT2D eigenvalue weighted by Gasteiger charge is -2.40. The molecule has 0 radical (unpaired) electrons. The smallest absolute Gasteiger partial charge is 0.112 e. The average Bonchev–Trinajstić information content (AvgIpc) is 1.90. The van der Waals surface area contributed by atoms with Crippen molar-refractivity contribution in [3.63, 3.8) is 0 Å². The summed E-state index contributed by atoms with van der Waals surface area (Å²) in [5, 5.41) is 0. The summed E-state index contributed by atoms with van der Waals surface area (Å²) in [5.74, 6) is 0. The van der Waals surface area contributed by atoms with Gasteiger partial charge in [-0.3, -0.25) is 4.90 Å². The maximum absolute atomic E-state index is 5.79. The number of halogens is 2. The van der Waals surface area contributed by atoms with Crippen molar-refractivity contribution in [3.05, 3.63) is 0 Å². The summed E-state index contributed by atoms with van der Waals surface area (Å²) in [5.41, 5.74) is 5.79. The van der Waals surface area contributed by atoms with Gasteiger partial charge in [0, 0.05) is 25.6 Å². The number of piperidine rings is 1. The van der Waals surface area contributed by atoms with Crippen LogP contribution in [0.3, 0.4) is 0 Å². The van der Waals surface area contributed by atoms with E-state index < -0.39 is 0 Å². The highest BCUT2D eigenvalue weighted by Gasteiger charge is 2.28. The maximum Gasteiger partial charge on any atom is 0.112 e. The largest absolute Gasteiger partial charge is 0.363 e. The lowest BCUT2D eigenvalue weighted by Crippen LogP contribution is -2.50. The monoisotopic (exact) mass is 228 g/mol. The topological polar surface area (TPSA) is 38.5 Å². The van der Waals surface area contributed by atoms with Crippen LogP contribution in [0.25, 0.3) is 0 Å². The van der Waals surface area contributed by atoms with Crippen LogP contribution >= 0.6 is 24.8 Å². The van der Waals surface area contributed by atoms with Gasteiger partial charge in [0.05, 0.1) is 6.61 Å². The van der Waals surface area contributed by atoms with Crippen LogP contribution in [0.15, 0.2) is 0 Å². The molecule has 0 aromatic carbocycles. The first-order valence-electron chi connectivity index (χ1n) is 4.47. The molecule has 2 rings (SSSR count). The van der Waals surface area contributed by atoms with Crippen LogP contribution in [0.5, 0.6) is 0 Å². The quantitative estimate of drug-likeness (QED) is 0.729. The van der Waals surface area contributed by atoms with E-state index in [0.717, 1.165) is 32.5 Å². The van der Waals surface area contributed by atoms with Gasteiger partial charge in [-0.1, -0.05) is 0 Å². The van der Waals surface area contributed by atoms with Gasteiger partial charge in [0.2, 0.25) is 0 Å². The van der Waals surface area contributed by atoms with Crippen molar-refractivity contribution in [2.24, 2.45) is 5.73 Å². The molecule has 2 saturated heterocycles. The Hall–Kier alpha value is 0.460. The summed E-state index contributed by atoms with van der Waals surface area (Å²) < 4.78 is 5.39. The molecule has 0 amide bonds. The van der Waals surface area contributed by atoms with E-state index in [2.05, 4.69) is 4.90 Å². The van der Waals surface area contributed by atoms with E-state index in [1.807, 2.05) is 0 Å². The van der Waals surface area contributed by atoms with Crippen molar-refractivity contribution >= 4 is 24.8 Å². The van der Waals surface area contributed by atoms with Crippen LogP contribution < -0.4 is 5.73 Å². The normalized spacial score (nSPS) is 29.8. The molecule has 2 N–H and O–H groups in total. The molecule has 0 bridgehead atoms. The van der Waals surface area contributed by atoms with E-state index in [9.17, 15) is 0 Å². The van der Waals surface area contributed by atoms with Gasteiger partial charge >= 0.3 is 0 Å². The Morgan fingerprint density at radius 3 is 2.00 bits per heavy atom. The molecule has 13 heavy (non-hydrogen) atoms. The van der Waals surface area contributed by atoms with Crippen molar-refractivity contribution in [1.29, 1.82) is 0 Å². The Morgan fingerprint density at radius 2 is 1.62 bits per heavy atom. The number of nitrogens with zero attached hydrogens (tertiary/aromatic N) is 1. The summed E-state index contributed by atoms with van der Waals surface area (Å²) in [7, 11) is 0. The van der Waals surface area contributed by atoms with Crippen LogP contribution in [0.2, 0.25) is 0 Å². The van der Waals surface area contributed by atoms with Crippen molar-refractivity contribution in [3.8, 4) is 0 Å². The van der Waals surface area contributed by atoms with Crippen molar-refractivity contribution in [1.82, 2.24) is 4.90 Å². The Kier molecular flexibility index (Phi) is 6.25. The zero-order chi connectivity index (χ0) is 7.68. The fourth-order valence-electron chi connectivity index (χ4n) is 1.72. The standard InChI is InChI=1S/C8H16N2O.2ClH/c9-7-1-4-10(5-2-7)8-3-6-11-8;;/h7-8H,1-6,9H2;2*1H. The van der Waals surface area contributed by atoms with Gasteiger partial charge < -0.3 is 10.5 Å². The Balaban J connectivity index is 0.000000720. The Morgan fingerprint density at radius 1 is 1.08 bits per heavy atom. The third kappa shape index (κ3) is 3.26. The number of rotatable bonds is 1. The number of nitrogens with two attached hydrogens (primary N) is 1. The van der Waals surface area contributed by atoms with E-state index >= 15 is 0 Å². The minimum absolute atomic E-state index is 0. The number of hydrogen-bond acceptors (Lipinski definition) is 3. The lowest BCUT2D eigenvalue weighted by molar-refractivity contribution is -0.149. The number of hydrogen-bond donors (Lipinski definition) is 1. The van der Waals surface area contributed by atoms with Gasteiger partial charge in [0.25, 0.3) is 0 Å². The molecule has 0 aromatic heterocycles. The second-order valence-electron chi connectivity index (χ2n) is 3.49. The molecule has 3 nitrogen and oxygen atoms in total. The summed E-state index contributed by atoms with van der Waals surface area (Å²) in [4.78, 5) is 2.41. The summed E-state index contributed by atoms with van der Waals surface area (Å²) in [6.07, 6.45) is 3.93. The lowest BCUT2D eigenvalue weighted by atomic mass is 10.1. The molecule has 80 valence electrons. The predicted molar refractivity (Wildman–Crippen MR) is 57.6 cm³/mol. The predicted octanol–water partition coefficient (Wildman–Crippen LogP) is 0.999. The van der Waals surface area contributed by atoms with E-state index in [1.165, 1.54) is 6.42 Å². The van der Waals surface area contributed by atoms with E-state index in [4.69, 9.17) is 10.5 Å². The molecule has 2 fully saturated rings. The van der Waals surface area contributed by atoms with Gasteiger partial charge in [-0.05, 0) is 12.8 Å². The Bertz CT molecular complexity index is 136. The van der Waals surface area contributed by atoms with Crippen LogP contribution in [-0.2, 0) is 4.74 Å². The van der Waals surface area contributed by atoms with Crippen LogP contribution in [-0.4, -0.2) is 36.9 Å². The zero-order valence-electron chi connectivity index (χ0n) is 7.65. The molecular weight excluding hydrogens is 211 g/mol. The van der Waals surface area contributed by atoms with Crippen LogP contribution in [0, 0.1) is 0 Å². The third-order valence-corrected chi connectivity index (χ3v) is 2.66. The van der Waals surface area contributed by atoms with Crippen LogP contribution in [0.4, 0.5) is 0 Å². The highest BCUT2D eigenvalue weighted by Crippen LogP contribution is 2.20. The molecule has 0 aromatic rings. The molecule has 0 spiro atoms. The second kappa shape index (κ2) is 6.04. The fraction of sp³-hybridized carbons (Fsp3) is 1.00. The van der Waals surface area contributed by atoms with E-state index in [0.29, 0.717) is 12.3 Å². The van der Waals surface area contributed by atoms with E-state index in [1.54, 1.807) is 0 Å². The van der Waals surface area contributed by atoms with Gasteiger partial charge in [0.1, 0.15) is 6.23 Å². The SMILES string of the molecule is Cl.Cl.NC1CCN(C2CCO2)CC1. The molecule has 5 heteroatoms. The van der Waals surface area contributed by atoms with Gasteiger partial charge in [0.15, 0.2) is 0 Å². The van der Waals surface area contributed by atoms with E-state index in [-0.39, 0.29) is 24.8 Å². The number of likely N-dealkylation sites (tertiary alicyclic amines) is 1. The second-order valence-corrected chi connectivity index (χ2v) is 3.49. The van der Waals surface area contributed by atoms with Crippen LogP contribution in [0.1, 0.15) is 19.3 Å². The minimum atomic E-state index is 0. The van der Waals surface area contributed by atoms with Crippen molar-refractivity contribution in [2.75, 3.05) is 19.7 Å². The number of ether oxygens (including phenoxy) is 1. The van der Waals surface area contributed by atoms with Gasteiger partial charge in [-0.15, -0.1) is 24.8 Å². The van der Waals surface area contributed by atoms with Crippen molar-refractivity contribution < 1.29 is 4.74 Å². The summed E-state index contributed by atoms with van der Waals surface area (Å²) in [6.45, 7) is 3.21. The Labute approximate surface area is 91.8 Å². The highest BCUT2D eigenvalue weighted by molar-refractivity contribution is 5.85. The molecule has 2 aliphatic heterocycles. The first-order chi connectivity index (χ1) is 5.36. The maximum atomic E-state index is 5.79.